The normalized spacial score (nSPS) is 10.4. The zero-order valence-corrected chi connectivity index (χ0v) is 17.2. The van der Waals surface area contributed by atoms with Crippen molar-refractivity contribution in [2.24, 2.45) is 0 Å². The molecule has 3 rings (SSSR count). The van der Waals surface area contributed by atoms with Gasteiger partial charge in [0.2, 0.25) is 0 Å². The van der Waals surface area contributed by atoms with Crippen LogP contribution in [-0.2, 0) is 6.42 Å². The molecule has 1 N–H and O–H groups in total. The molecule has 2 aromatic carbocycles. The Hall–Kier alpha value is -2.62. The van der Waals surface area contributed by atoms with Crippen molar-refractivity contribution >= 4 is 29.8 Å². The summed E-state index contributed by atoms with van der Waals surface area (Å²) in [6, 6.07) is 20.0. The number of hydrogen-bond acceptors (Lipinski definition) is 3. The molecule has 0 fully saturated rings. The van der Waals surface area contributed by atoms with Gasteiger partial charge in [0.25, 0.3) is 0 Å². The molecule has 0 spiro atoms. The fraction of sp³-hybridized carbons (Fsp3) is 0.182. The Kier molecular flexibility index (Phi) is 6.63. The molecule has 0 saturated heterocycles. The number of nitrogens with one attached hydrogen (secondary N) is 1. The first-order chi connectivity index (χ1) is 13.2. The van der Waals surface area contributed by atoms with E-state index in [2.05, 4.69) is 47.6 Å². The molecule has 0 aliphatic rings. The molecule has 0 saturated carbocycles. The van der Waals surface area contributed by atoms with Gasteiger partial charge in [0, 0.05) is 0 Å². The van der Waals surface area contributed by atoms with Crippen LogP contribution < -0.4 is 19.0 Å². The van der Waals surface area contributed by atoms with E-state index in [1.165, 1.54) is 20.1 Å². The van der Waals surface area contributed by atoms with Gasteiger partial charge in [-0.3, -0.25) is 0 Å². The molecule has 5 heteroatoms. The van der Waals surface area contributed by atoms with Gasteiger partial charge in [-0.25, -0.2) is 0 Å². The van der Waals surface area contributed by atoms with E-state index >= 15 is 0 Å². The van der Waals surface area contributed by atoms with Crippen molar-refractivity contribution in [1.29, 1.82) is 0 Å². The van der Waals surface area contributed by atoms with Gasteiger partial charge < -0.3 is 0 Å². The van der Waals surface area contributed by atoms with Crippen molar-refractivity contribution in [2.45, 2.75) is 13.3 Å². The summed E-state index contributed by atoms with van der Waals surface area (Å²) in [5.41, 5.74) is 3.01. The van der Waals surface area contributed by atoms with Crippen LogP contribution in [0.15, 0.2) is 66.9 Å². The van der Waals surface area contributed by atoms with E-state index < -0.39 is 0 Å². The van der Waals surface area contributed by atoms with Gasteiger partial charge in [0.1, 0.15) is 0 Å². The molecule has 0 radical (unpaired) electrons. The molecule has 138 valence electrons. The minimum atomic E-state index is -0.135. The van der Waals surface area contributed by atoms with Gasteiger partial charge in [-0.05, 0) is 0 Å². The molecule has 27 heavy (non-hydrogen) atoms. The summed E-state index contributed by atoms with van der Waals surface area (Å²) in [7, 11) is 1.69. The number of aromatic nitrogens is 1. The maximum absolute atomic E-state index is 12.2. The fourth-order valence-electron chi connectivity index (χ4n) is 2.77. The van der Waals surface area contributed by atoms with Crippen LogP contribution in [0, 0.1) is 6.92 Å². The summed E-state index contributed by atoms with van der Waals surface area (Å²) in [5, 5.41) is 2.97. The van der Waals surface area contributed by atoms with Crippen LogP contribution in [0.2, 0.25) is 0 Å². The third-order valence-electron chi connectivity index (χ3n) is 4.19. The van der Waals surface area contributed by atoms with Crippen LogP contribution in [0.4, 0.5) is 0 Å². The molecule has 1 heterocycles. The topological polar surface area (TPSA) is 51.2 Å². The van der Waals surface area contributed by atoms with Crippen LogP contribution in [0.25, 0.3) is 0 Å². The standard InChI is InChI=1S/C22H22N2O2Se/c1-16-7-5-11-21(27-18-9-6-8-17(15-18)26-2)19(16)12-14-24-22(25)20-10-3-4-13-23-20/h3-11,13,15H,12,14H2,1-2H3,(H,24,25). The van der Waals surface area contributed by atoms with Crippen LogP contribution in [0.3, 0.4) is 0 Å². The quantitative estimate of drug-likeness (QED) is 0.590. The summed E-state index contributed by atoms with van der Waals surface area (Å²) in [5.74, 6) is 0.746. The number of aryl methyl sites for hydroxylation is 1. The van der Waals surface area contributed by atoms with E-state index in [4.69, 9.17) is 4.74 Å². The fourth-order valence-corrected chi connectivity index (χ4v) is 5.10. The predicted molar refractivity (Wildman–Crippen MR) is 109 cm³/mol. The Morgan fingerprint density at radius 2 is 1.96 bits per heavy atom. The third kappa shape index (κ3) is 5.19. The summed E-state index contributed by atoms with van der Waals surface area (Å²) in [6.45, 7) is 2.71. The first kappa shape index (κ1) is 19.1. The first-order valence-electron chi connectivity index (χ1n) is 8.77. The van der Waals surface area contributed by atoms with Gasteiger partial charge in [-0.1, -0.05) is 0 Å². The molecule has 0 unspecified atom stereocenters. The van der Waals surface area contributed by atoms with E-state index in [1.807, 2.05) is 18.2 Å². The van der Waals surface area contributed by atoms with Gasteiger partial charge in [-0.2, -0.15) is 0 Å². The van der Waals surface area contributed by atoms with Gasteiger partial charge >= 0.3 is 166 Å². The molecular weight excluding hydrogens is 403 g/mol. The average Bonchev–Trinajstić information content (AvgIpc) is 2.70. The number of carbonyl (C=O) groups is 1. The molecule has 1 amide bonds. The van der Waals surface area contributed by atoms with Crippen molar-refractivity contribution in [2.75, 3.05) is 13.7 Å². The van der Waals surface area contributed by atoms with Crippen LogP contribution in [-0.4, -0.2) is 39.5 Å². The number of amides is 1. The van der Waals surface area contributed by atoms with E-state index in [0.29, 0.717) is 12.2 Å². The molecule has 0 atom stereocenters. The molecule has 4 nitrogen and oxygen atoms in total. The SMILES string of the molecule is COc1cccc([Se]c2cccc(C)c2CCNC(=O)c2ccccn2)c1. The van der Waals surface area contributed by atoms with Crippen LogP contribution in [0.5, 0.6) is 5.75 Å². The van der Waals surface area contributed by atoms with Crippen molar-refractivity contribution in [1.82, 2.24) is 10.3 Å². The van der Waals surface area contributed by atoms with E-state index in [0.717, 1.165) is 12.2 Å². The van der Waals surface area contributed by atoms with E-state index in [-0.39, 0.29) is 20.9 Å². The summed E-state index contributed by atoms with van der Waals surface area (Å²) >= 11 is 0.181. The second-order valence-corrected chi connectivity index (χ2v) is 8.39. The second-order valence-electron chi connectivity index (χ2n) is 6.05. The zero-order valence-electron chi connectivity index (χ0n) is 15.4. The first-order valence-corrected chi connectivity index (χ1v) is 10.5. The number of carbonyl (C=O) groups excluding carboxylic acids is 1. The number of ether oxygens (including phenoxy) is 1. The molecule has 0 aliphatic heterocycles. The van der Waals surface area contributed by atoms with Crippen molar-refractivity contribution in [3.63, 3.8) is 0 Å². The summed E-state index contributed by atoms with van der Waals surface area (Å²) in [6.07, 6.45) is 2.43. The number of hydrogen-bond donors (Lipinski definition) is 1. The van der Waals surface area contributed by atoms with Gasteiger partial charge in [0.05, 0.1) is 0 Å². The molecular formula is C22H22N2O2Se. The van der Waals surface area contributed by atoms with Crippen molar-refractivity contribution in [3.05, 3.63) is 83.7 Å². The van der Waals surface area contributed by atoms with Crippen LogP contribution in [0.1, 0.15) is 21.6 Å². The van der Waals surface area contributed by atoms with Gasteiger partial charge in [0.15, 0.2) is 0 Å². The van der Waals surface area contributed by atoms with E-state index in [1.54, 1.807) is 25.4 Å². The molecule has 1 aromatic heterocycles. The number of pyridine rings is 1. The zero-order chi connectivity index (χ0) is 19.1. The number of methoxy groups -OCH3 is 1. The van der Waals surface area contributed by atoms with Crippen molar-refractivity contribution < 1.29 is 9.53 Å². The van der Waals surface area contributed by atoms with Crippen LogP contribution >= 0.6 is 0 Å². The van der Waals surface area contributed by atoms with Gasteiger partial charge in [-0.15, -0.1) is 0 Å². The number of benzene rings is 2. The molecule has 0 bridgehead atoms. The Labute approximate surface area is 166 Å². The van der Waals surface area contributed by atoms with Crippen molar-refractivity contribution in [3.8, 4) is 5.75 Å². The minimum absolute atomic E-state index is 0.135. The third-order valence-corrected chi connectivity index (χ3v) is 6.49. The number of nitrogens with zero attached hydrogens (tertiary/aromatic N) is 1. The molecule has 3 aromatic rings. The second kappa shape index (κ2) is 9.35. The van der Waals surface area contributed by atoms with E-state index in [9.17, 15) is 4.79 Å². The molecule has 0 aliphatic carbocycles. The maximum atomic E-state index is 12.2. The Balaban J connectivity index is 1.69. The Bertz CT molecular complexity index is 913. The summed E-state index contributed by atoms with van der Waals surface area (Å²) < 4.78 is 7.94. The summed E-state index contributed by atoms with van der Waals surface area (Å²) in [4.78, 5) is 16.3. The number of rotatable bonds is 7. The predicted octanol–water partition coefficient (Wildman–Crippen LogP) is 2.03. The monoisotopic (exact) mass is 426 g/mol. The average molecular weight is 425 g/mol. The Morgan fingerprint density at radius 3 is 2.74 bits per heavy atom. The Morgan fingerprint density at radius 1 is 1.11 bits per heavy atom.